The van der Waals surface area contributed by atoms with Crippen molar-refractivity contribution in [2.75, 3.05) is 7.11 Å². The molecular weight excluding hydrogens is 218 g/mol. The summed E-state index contributed by atoms with van der Waals surface area (Å²) in [5.74, 6) is 0.0365. The Morgan fingerprint density at radius 3 is 3.00 bits per heavy atom. The molecule has 0 fully saturated rings. The number of aromatic nitrogens is 3. The summed E-state index contributed by atoms with van der Waals surface area (Å²) >= 11 is 0.969. The minimum absolute atomic E-state index is 0.325. The van der Waals surface area contributed by atoms with Crippen molar-refractivity contribution >= 4 is 17.5 Å². The highest BCUT2D eigenvalue weighted by molar-refractivity contribution is 7.08. The average molecular weight is 225 g/mol. The number of nitrogens with zero attached hydrogens (tertiary/aromatic N) is 3. The number of aryl methyl sites for hydroxylation is 1. The molecule has 0 spiro atoms. The van der Waals surface area contributed by atoms with Gasteiger partial charge in [-0.1, -0.05) is 4.49 Å². The molecule has 0 atom stereocenters. The molecule has 6 nitrogen and oxygen atoms in total. The molecule has 0 radical (unpaired) electrons. The zero-order valence-electron chi connectivity index (χ0n) is 8.05. The summed E-state index contributed by atoms with van der Waals surface area (Å²) in [5.41, 5.74) is 0.880. The van der Waals surface area contributed by atoms with Crippen LogP contribution in [0.2, 0.25) is 0 Å². The van der Waals surface area contributed by atoms with E-state index in [0.717, 1.165) is 11.5 Å². The van der Waals surface area contributed by atoms with Crippen LogP contribution >= 0.6 is 11.5 Å². The van der Waals surface area contributed by atoms with Gasteiger partial charge in [-0.15, -0.1) is 5.10 Å². The monoisotopic (exact) mass is 225 g/mol. The summed E-state index contributed by atoms with van der Waals surface area (Å²) in [6.45, 7) is 1.71. The summed E-state index contributed by atoms with van der Waals surface area (Å²) in [6.07, 6.45) is 1.43. The predicted octanol–water partition coefficient (Wildman–Crippen LogP) is 1.29. The Bertz CT molecular complexity index is 491. The average Bonchev–Trinajstić information content (AvgIpc) is 2.84. The third-order valence-corrected chi connectivity index (χ3v) is 2.43. The van der Waals surface area contributed by atoms with Crippen molar-refractivity contribution in [3.05, 3.63) is 17.0 Å². The maximum absolute atomic E-state index is 11.3. The Labute approximate surface area is 89.1 Å². The maximum atomic E-state index is 11.3. The lowest BCUT2D eigenvalue weighted by atomic mass is 10.3. The van der Waals surface area contributed by atoms with E-state index < -0.39 is 5.97 Å². The van der Waals surface area contributed by atoms with Gasteiger partial charge >= 0.3 is 5.97 Å². The van der Waals surface area contributed by atoms with Crippen LogP contribution in [0.15, 0.2) is 10.7 Å². The SMILES string of the molecule is COC(=O)c1snnc1-c1coc(C)n1. The van der Waals surface area contributed by atoms with Crippen LogP contribution in [-0.4, -0.2) is 27.7 Å². The molecular formula is C8H7N3O3S. The van der Waals surface area contributed by atoms with Crippen LogP contribution in [0.5, 0.6) is 0 Å². The highest BCUT2D eigenvalue weighted by Gasteiger charge is 2.20. The number of methoxy groups -OCH3 is 1. The van der Waals surface area contributed by atoms with Gasteiger partial charge in [0.2, 0.25) is 0 Å². The highest BCUT2D eigenvalue weighted by Crippen LogP contribution is 2.23. The number of oxazole rings is 1. The molecule has 0 N–H and O–H groups in total. The van der Waals surface area contributed by atoms with Crippen molar-refractivity contribution in [1.29, 1.82) is 0 Å². The normalized spacial score (nSPS) is 10.3. The predicted molar refractivity (Wildman–Crippen MR) is 51.5 cm³/mol. The number of ether oxygens (including phenoxy) is 1. The molecule has 0 amide bonds. The van der Waals surface area contributed by atoms with Gasteiger partial charge in [-0.25, -0.2) is 9.78 Å². The number of esters is 1. The quantitative estimate of drug-likeness (QED) is 0.716. The molecule has 0 aliphatic heterocycles. The van der Waals surface area contributed by atoms with Crippen LogP contribution in [0, 0.1) is 6.92 Å². The fourth-order valence-electron chi connectivity index (χ4n) is 1.06. The lowest BCUT2D eigenvalue weighted by Crippen LogP contribution is -2.00. The van der Waals surface area contributed by atoms with Crippen LogP contribution in [0.1, 0.15) is 15.6 Å². The second-order valence-corrected chi connectivity index (χ2v) is 3.45. The van der Waals surface area contributed by atoms with Crippen molar-refractivity contribution < 1.29 is 13.9 Å². The number of carbonyl (C=O) groups excluding carboxylic acids is 1. The first kappa shape index (κ1) is 9.78. The second kappa shape index (κ2) is 3.77. The van der Waals surface area contributed by atoms with Crippen molar-refractivity contribution in [2.24, 2.45) is 0 Å². The van der Waals surface area contributed by atoms with Crippen LogP contribution in [-0.2, 0) is 4.74 Å². The Balaban J connectivity index is 2.45. The fraction of sp³-hybridized carbons (Fsp3) is 0.250. The van der Waals surface area contributed by atoms with Crippen molar-refractivity contribution in [1.82, 2.24) is 14.6 Å². The number of hydrogen-bond acceptors (Lipinski definition) is 7. The van der Waals surface area contributed by atoms with Crippen LogP contribution in [0.25, 0.3) is 11.4 Å². The number of rotatable bonds is 2. The number of hydrogen-bond donors (Lipinski definition) is 0. The lowest BCUT2D eigenvalue weighted by molar-refractivity contribution is 0.0607. The standard InChI is InChI=1S/C8H7N3O3S/c1-4-9-5(3-14-4)6-7(8(12)13-2)15-11-10-6/h3H,1-2H3. The number of carbonyl (C=O) groups is 1. The van der Waals surface area contributed by atoms with E-state index in [1.807, 2.05) is 0 Å². The summed E-state index contributed by atoms with van der Waals surface area (Å²) in [4.78, 5) is 15.7. The van der Waals surface area contributed by atoms with Crippen LogP contribution in [0.3, 0.4) is 0 Å². The molecule has 0 aromatic carbocycles. The highest BCUT2D eigenvalue weighted by atomic mass is 32.1. The molecule has 2 aromatic rings. The van der Waals surface area contributed by atoms with Gasteiger partial charge in [0.05, 0.1) is 7.11 Å². The van der Waals surface area contributed by atoms with E-state index in [-0.39, 0.29) is 0 Å². The van der Waals surface area contributed by atoms with Crippen molar-refractivity contribution in [2.45, 2.75) is 6.92 Å². The molecule has 0 aliphatic carbocycles. The molecule has 2 heterocycles. The molecule has 7 heteroatoms. The van der Waals surface area contributed by atoms with E-state index in [9.17, 15) is 4.79 Å². The van der Waals surface area contributed by atoms with Gasteiger partial charge < -0.3 is 9.15 Å². The van der Waals surface area contributed by atoms with Gasteiger partial charge in [0.1, 0.15) is 17.7 Å². The Morgan fingerprint density at radius 2 is 2.40 bits per heavy atom. The smallest absolute Gasteiger partial charge is 0.352 e. The van der Waals surface area contributed by atoms with Gasteiger partial charge in [0.25, 0.3) is 0 Å². The van der Waals surface area contributed by atoms with Gasteiger partial charge in [-0.3, -0.25) is 0 Å². The topological polar surface area (TPSA) is 78.1 Å². The molecule has 0 saturated heterocycles. The van der Waals surface area contributed by atoms with Crippen LogP contribution in [0.4, 0.5) is 0 Å². The molecule has 0 unspecified atom stereocenters. The van der Waals surface area contributed by atoms with E-state index >= 15 is 0 Å². The molecule has 2 rings (SSSR count). The third kappa shape index (κ3) is 1.73. The largest absolute Gasteiger partial charge is 0.465 e. The molecule has 78 valence electrons. The van der Waals surface area contributed by atoms with Gasteiger partial charge in [-0.05, 0) is 11.5 Å². The first-order valence-electron chi connectivity index (χ1n) is 4.05. The third-order valence-electron chi connectivity index (χ3n) is 1.72. The minimum Gasteiger partial charge on any atom is -0.465 e. The fourth-order valence-corrected chi connectivity index (χ4v) is 1.65. The van der Waals surface area contributed by atoms with E-state index in [1.54, 1.807) is 6.92 Å². The van der Waals surface area contributed by atoms with E-state index in [2.05, 4.69) is 19.3 Å². The zero-order valence-corrected chi connectivity index (χ0v) is 8.87. The summed E-state index contributed by atoms with van der Waals surface area (Å²) in [7, 11) is 1.31. The molecule has 2 aromatic heterocycles. The zero-order chi connectivity index (χ0) is 10.8. The van der Waals surface area contributed by atoms with Gasteiger partial charge in [0, 0.05) is 6.92 Å². The molecule has 0 saturated carbocycles. The first-order valence-corrected chi connectivity index (χ1v) is 4.83. The maximum Gasteiger partial charge on any atom is 0.352 e. The summed E-state index contributed by atoms with van der Waals surface area (Å²) < 4.78 is 13.3. The first-order chi connectivity index (χ1) is 7.22. The van der Waals surface area contributed by atoms with Gasteiger partial charge in [0.15, 0.2) is 10.8 Å². The van der Waals surface area contributed by atoms with E-state index in [4.69, 9.17) is 4.42 Å². The van der Waals surface area contributed by atoms with E-state index in [1.165, 1.54) is 13.4 Å². The van der Waals surface area contributed by atoms with Crippen molar-refractivity contribution in [3.63, 3.8) is 0 Å². The molecule has 0 bridgehead atoms. The Morgan fingerprint density at radius 1 is 1.60 bits per heavy atom. The minimum atomic E-state index is -0.472. The summed E-state index contributed by atoms with van der Waals surface area (Å²) in [6, 6.07) is 0. The molecule has 0 aliphatic rings. The summed E-state index contributed by atoms with van der Waals surface area (Å²) in [5, 5.41) is 3.81. The van der Waals surface area contributed by atoms with Crippen molar-refractivity contribution in [3.8, 4) is 11.4 Å². The Kier molecular flexibility index (Phi) is 2.46. The van der Waals surface area contributed by atoms with Crippen LogP contribution < -0.4 is 0 Å². The second-order valence-electron chi connectivity index (χ2n) is 2.69. The van der Waals surface area contributed by atoms with Gasteiger partial charge in [-0.2, -0.15) is 0 Å². The Hall–Kier alpha value is -1.76. The van der Waals surface area contributed by atoms with E-state index in [0.29, 0.717) is 22.2 Å². The lowest BCUT2D eigenvalue weighted by Gasteiger charge is -1.94. The molecule has 15 heavy (non-hydrogen) atoms.